The lowest BCUT2D eigenvalue weighted by Crippen LogP contribution is -2.54. The van der Waals surface area contributed by atoms with Crippen molar-refractivity contribution in [3.05, 3.63) is 48.6 Å². The molecule has 0 N–H and O–H groups in total. The lowest BCUT2D eigenvalue weighted by atomic mass is 10.1. The van der Waals surface area contributed by atoms with E-state index < -0.39 is 0 Å². The SMILES string of the molecule is C=CCO[C@H]1CC[C@H]2[C@H]1OCCN2C(=O)Cc1ccccc1. The van der Waals surface area contributed by atoms with Crippen molar-refractivity contribution in [2.45, 2.75) is 37.5 Å². The lowest BCUT2D eigenvalue weighted by molar-refractivity contribution is -0.150. The average Bonchev–Trinajstić information content (AvgIpc) is 2.97. The maximum atomic E-state index is 12.6. The summed E-state index contributed by atoms with van der Waals surface area (Å²) in [5, 5.41) is 0. The van der Waals surface area contributed by atoms with Gasteiger partial charge in [-0.1, -0.05) is 36.4 Å². The van der Waals surface area contributed by atoms with Crippen LogP contribution in [0.2, 0.25) is 0 Å². The van der Waals surface area contributed by atoms with Crippen molar-refractivity contribution in [3.63, 3.8) is 0 Å². The molecule has 4 nitrogen and oxygen atoms in total. The molecule has 4 heteroatoms. The minimum absolute atomic E-state index is 0.00780. The average molecular weight is 301 g/mol. The number of morpholine rings is 1. The van der Waals surface area contributed by atoms with Crippen molar-refractivity contribution in [1.82, 2.24) is 4.90 Å². The van der Waals surface area contributed by atoms with Gasteiger partial charge in [0.05, 0.1) is 31.8 Å². The molecule has 22 heavy (non-hydrogen) atoms. The second-order valence-corrected chi connectivity index (χ2v) is 5.89. The molecule has 2 fully saturated rings. The molecular formula is C18H23NO3. The Bertz CT molecular complexity index is 516. The first-order chi connectivity index (χ1) is 10.8. The summed E-state index contributed by atoms with van der Waals surface area (Å²) in [5.74, 6) is 0.189. The Morgan fingerprint density at radius 2 is 2.18 bits per heavy atom. The van der Waals surface area contributed by atoms with E-state index in [0.29, 0.717) is 26.2 Å². The quantitative estimate of drug-likeness (QED) is 0.783. The van der Waals surface area contributed by atoms with Gasteiger partial charge in [-0.25, -0.2) is 0 Å². The molecule has 1 aromatic rings. The molecular weight excluding hydrogens is 278 g/mol. The van der Waals surface area contributed by atoms with Crippen molar-refractivity contribution >= 4 is 5.91 Å². The van der Waals surface area contributed by atoms with Crippen LogP contribution in [0.1, 0.15) is 18.4 Å². The maximum Gasteiger partial charge on any atom is 0.227 e. The van der Waals surface area contributed by atoms with Gasteiger partial charge >= 0.3 is 0 Å². The molecule has 0 spiro atoms. The highest BCUT2D eigenvalue weighted by Gasteiger charge is 2.44. The number of fused-ring (bicyclic) bond motifs is 1. The number of carbonyl (C=O) groups is 1. The fourth-order valence-corrected chi connectivity index (χ4v) is 3.47. The summed E-state index contributed by atoms with van der Waals surface area (Å²) >= 11 is 0. The highest BCUT2D eigenvalue weighted by Crippen LogP contribution is 2.32. The van der Waals surface area contributed by atoms with Crippen LogP contribution in [0.4, 0.5) is 0 Å². The van der Waals surface area contributed by atoms with Gasteiger partial charge in [-0.15, -0.1) is 6.58 Å². The van der Waals surface area contributed by atoms with E-state index in [1.165, 1.54) is 0 Å². The van der Waals surface area contributed by atoms with Gasteiger partial charge in [0.15, 0.2) is 0 Å². The van der Waals surface area contributed by atoms with Gasteiger partial charge in [0.25, 0.3) is 0 Å². The van der Waals surface area contributed by atoms with E-state index in [1.807, 2.05) is 35.2 Å². The Labute approximate surface area is 131 Å². The Morgan fingerprint density at radius 1 is 1.36 bits per heavy atom. The number of nitrogens with zero attached hydrogens (tertiary/aromatic N) is 1. The molecule has 1 heterocycles. The fraction of sp³-hybridized carbons (Fsp3) is 0.500. The van der Waals surface area contributed by atoms with Gasteiger partial charge in [0.2, 0.25) is 5.91 Å². The zero-order chi connectivity index (χ0) is 15.4. The summed E-state index contributed by atoms with van der Waals surface area (Å²) in [7, 11) is 0. The Hall–Kier alpha value is -1.65. The van der Waals surface area contributed by atoms with E-state index in [0.717, 1.165) is 18.4 Å². The second-order valence-electron chi connectivity index (χ2n) is 5.89. The van der Waals surface area contributed by atoms with Gasteiger partial charge in [-0.3, -0.25) is 4.79 Å². The van der Waals surface area contributed by atoms with Crippen molar-refractivity contribution in [1.29, 1.82) is 0 Å². The molecule has 0 unspecified atom stereocenters. The summed E-state index contributed by atoms with van der Waals surface area (Å²) in [4.78, 5) is 14.6. The summed E-state index contributed by atoms with van der Waals surface area (Å²) in [6.07, 6.45) is 4.20. The Morgan fingerprint density at radius 3 is 2.95 bits per heavy atom. The minimum Gasteiger partial charge on any atom is -0.372 e. The smallest absolute Gasteiger partial charge is 0.227 e. The topological polar surface area (TPSA) is 38.8 Å². The van der Waals surface area contributed by atoms with Crippen LogP contribution < -0.4 is 0 Å². The third-order valence-corrected chi connectivity index (χ3v) is 4.48. The monoisotopic (exact) mass is 301 g/mol. The van der Waals surface area contributed by atoms with Gasteiger partial charge in [0, 0.05) is 6.54 Å². The van der Waals surface area contributed by atoms with Gasteiger partial charge in [-0.2, -0.15) is 0 Å². The molecule has 1 aromatic carbocycles. The zero-order valence-corrected chi connectivity index (χ0v) is 12.8. The summed E-state index contributed by atoms with van der Waals surface area (Å²) in [6, 6.07) is 10.1. The number of carbonyl (C=O) groups excluding carboxylic acids is 1. The molecule has 2 aliphatic rings. The maximum absolute atomic E-state index is 12.6. The van der Waals surface area contributed by atoms with E-state index in [-0.39, 0.29) is 24.2 Å². The summed E-state index contributed by atoms with van der Waals surface area (Å²) < 4.78 is 11.7. The molecule has 1 amide bonds. The Kier molecular flexibility index (Phi) is 4.90. The van der Waals surface area contributed by atoms with Crippen LogP contribution in [0.3, 0.4) is 0 Å². The number of amides is 1. The van der Waals surface area contributed by atoms with Crippen LogP contribution in [0.5, 0.6) is 0 Å². The van der Waals surface area contributed by atoms with Crippen LogP contribution in [0.15, 0.2) is 43.0 Å². The van der Waals surface area contributed by atoms with Gasteiger partial charge in [0.1, 0.15) is 6.10 Å². The van der Waals surface area contributed by atoms with E-state index >= 15 is 0 Å². The molecule has 0 radical (unpaired) electrons. The Balaban J connectivity index is 1.64. The molecule has 1 aliphatic heterocycles. The highest BCUT2D eigenvalue weighted by atomic mass is 16.5. The van der Waals surface area contributed by atoms with Gasteiger partial charge < -0.3 is 14.4 Å². The number of benzene rings is 1. The summed E-state index contributed by atoms with van der Waals surface area (Å²) in [5.41, 5.74) is 1.06. The highest BCUT2D eigenvalue weighted by molar-refractivity contribution is 5.79. The van der Waals surface area contributed by atoms with Crippen LogP contribution in [-0.4, -0.2) is 48.8 Å². The van der Waals surface area contributed by atoms with Crippen LogP contribution >= 0.6 is 0 Å². The summed E-state index contributed by atoms with van der Waals surface area (Å²) in [6.45, 7) is 5.50. The van der Waals surface area contributed by atoms with E-state index in [2.05, 4.69) is 6.58 Å². The van der Waals surface area contributed by atoms with Crippen molar-refractivity contribution in [2.75, 3.05) is 19.8 Å². The first-order valence-electron chi connectivity index (χ1n) is 7.97. The number of hydrogen-bond donors (Lipinski definition) is 0. The molecule has 1 aliphatic carbocycles. The first kappa shape index (κ1) is 15.3. The molecule has 0 aromatic heterocycles. The van der Waals surface area contributed by atoms with E-state index in [1.54, 1.807) is 6.08 Å². The van der Waals surface area contributed by atoms with Crippen molar-refractivity contribution < 1.29 is 14.3 Å². The van der Waals surface area contributed by atoms with Crippen molar-refractivity contribution in [2.24, 2.45) is 0 Å². The lowest BCUT2D eigenvalue weighted by Gasteiger charge is -2.39. The first-order valence-corrected chi connectivity index (χ1v) is 7.97. The van der Waals surface area contributed by atoms with E-state index in [9.17, 15) is 4.79 Å². The van der Waals surface area contributed by atoms with Gasteiger partial charge in [-0.05, 0) is 18.4 Å². The third kappa shape index (κ3) is 3.23. The van der Waals surface area contributed by atoms with Crippen LogP contribution in [0, 0.1) is 0 Å². The predicted molar refractivity (Wildman–Crippen MR) is 84.6 cm³/mol. The van der Waals surface area contributed by atoms with E-state index in [4.69, 9.17) is 9.47 Å². The second kappa shape index (κ2) is 7.07. The third-order valence-electron chi connectivity index (χ3n) is 4.48. The molecule has 118 valence electrons. The number of ether oxygens (including phenoxy) is 2. The number of hydrogen-bond acceptors (Lipinski definition) is 3. The standard InChI is InChI=1S/C18H23NO3/c1-2-11-21-16-9-8-15-18(16)22-12-10-19(15)17(20)13-14-6-4-3-5-7-14/h2-7,15-16,18H,1,8-13H2/t15-,16-,18+/m0/s1. The number of rotatable bonds is 5. The molecule has 3 atom stereocenters. The molecule has 0 bridgehead atoms. The largest absolute Gasteiger partial charge is 0.372 e. The molecule has 1 saturated heterocycles. The molecule has 1 saturated carbocycles. The van der Waals surface area contributed by atoms with Crippen LogP contribution in [0.25, 0.3) is 0 Å². The fourth-order valence-electron chi connectivity index (χ4n) is 3.47. The minimum atomic E-state index is 0.00780. The predicted octanol–water partition coefficient (Wildman–Crippen LogP) is 2.19. The molecule has 3 rings (SSSR count). The normalized spacial score (nSPS) is 27.5. The van der Waals surface area contributed by atoms with Crippen LogP contribution in [-0.2, 0) is 20.7 Å². The van der Waals surface area contributed by atoms with Crippen molar-refractivity contribution in [3.8, 4) is 0 Å². The zero-order valence-electron chi connectivity index (χ0n) is 12.8.